The van der Waals surface area contributed by atoms with Gasteiger partial charge in [-0.2, -0.15) is 0 Å². The molecule has 0 unspecified atom stereocenters. The lowest BCUT2D eigenvalue weighted by Crippen LogP contribution is -2.19. The molecule has 1 aliphatic carbocycles. The SMILES string of the molecule is C=CCOC(=O)C1=C(C(=O)OCC=C)CCCC1. The monoisotopic (exact) mass is 250 g/mol. The molecule has 0 amide bonds. The zero-order valence-electron chi connectivity index (χ0n) is 10.4. The minimum Gasteiger partial charge on any atom is -0.458 e. The van der Waals surface area contributed by atoms with Crippen LogP contribution in [0.25, 0.3) is 0 Å². The Balaban J connectivity index is 2.81. The molecule has 0 bridgehead atoms. The number of carbonyl (C=O) groups is 2. The minimum absolute atomic E-state index is 0.150. The maximum absolute atomic E-state index is 11.8. The van der Waals surface area contributed by atoms with Gasteiger partial charge in [0.15, 0.2) is 0 Å². The number of hydrogen-bond donors (Lipinski definition) is 0. The van der Waals surface area contributed by atoms with Crippen molar-refractivity contribution in [2.24, 2.45) is 0 Å². The molecular formula is C14H18O4. The van der Waals surface area contributed by atoms with Crippen LogP contribution in [-0.4, -0.2) is 25.2 Å². The first-order valence-corrected chi connectivity index (χ1v) is 5.98. The van der Waals surface area contributed by atoms with Crippen molar-refractivity contribution in [1.29, 1.82) is 0 Å². The lowest BCUT2D eigenvalue weighted by molar-refractivity contribution is -0.141. The molecule has 0 aromatic heterocycles. The molecule has 4 heteroatoms. The maximum atomic E-state index is 11.8. The smallest absolute Gasteiger partial charge is 0.334 e. The normalized spacial score (nSPS) is 14.9. The van der Waals surface area contributed by atoms with E-state index in [1.54, 1.807) is 0 Å². The molecule has 0 spiro atoms. The summed E-state index contributed by atoms with van der Waals surface area (Å²) in [6, 6.07) is 0. The molecule has 18 heavy (non-hydrogen) atoms. The van der Waals surface area contributed by atoms with E-state index in [9.17, 15) is 9.59 Å². The number of hydrogen-bond acceptors (Lipinski definition) is 4. The summed E-state index contributed by atoms with van der Waals surface area (Å²) in [7, 11) is 0. The lowest BCUT2D eigenvalue weighted by atomic mass is 9.92. The Hall–Kier alpha value is -1.84. The highest BCUT2D eigenvalue weighted by Gasteiger charge is 2.25. The second-order valence-electron chi connectivity index (χ2n) is 3.94. The molecule has 0 saturated carbocycles. The fourth-order valence-electron chi connectivity index (χ4n) is 1.80. The van der Waals surface area contributed by atoms with Gasteiger partial charge in [-0.15, -0.1) is 0 Å². The lowest BCUT2D eigenvalue weighted by Gasteiger charge is -2.17. The molecule has 1 rings (SSSR count). The predicted molar refractivity (Wildman–Crippen MR) is 67.8 cm³/mol. The van der Waals surface area contributed by atoms with Crippen molar-refractivity contribution in [3.05, 3.63) is 36.5 Å². The zero-order chi connectivity index (χ0) is 13.4. The van der Waals surface area contributed by atoms with Crippen LogP contribution in [0.15, 0.2) is 36.5 Å². The van der Waals surface area contributed by atoms with E-state index in [2.05, 4.69) is 13.2 Å². The van der Waals surface area contributed by atoms with Crippen LogP contribution in [0.2, 0.25) is 0 Å². The van der Waals surface area contributed by atoms with Crippen LogP contribution in [0.1, 0.15) is 25.7 Å². The van der Waals surface area contributed by atoms with Crippen LogP contribution in [0.5, 0.6) is 0 Å². The molecule has 0 aromatic rings. The van der Waals surface area contributed by atoms with Gasteiger partial charge in [-0.05, 0) is 25.7 Å². The Labute approximate surface area is 107 Å². The molecule has 0 radical (unpaired) electrons. The van der Waals surface area contributed by atoms with Crippen molar-refractivity contribution in [2.75, 3.05) is 13.2 Å². The van der Waals surface area contributed by atoms with Crippen LogP contribution >= 0.6 is 0 Å². The van der Waals surface area contributed by atoms with E-state index in [0.717, 1.165) is 12.8 Å². The highest BCUT2D eigenvalue weighted by atomic mass is 16.5. The van der Waals surface area contributed by atoms with Crippen LogP contribution in [0.3, 0.4) is 0 Å². The Bertz CT molecular complexity index is 343. The van der Waals surface area contributed by atoms with Crippen LogP contribution in [0.4, 0.5) is 0 Å². The van der Waals surface area contributed by atoms with Crippen LogP contribution < -0.4 is 0 Å². The van der Waals surface area contributed by atoms with Gasteiger partial charge in [-0.25, -0.2) is 9.59 Å². The number of esters is 2. The average molecular weight is 250 g/mol. The van der Waals surface area contributed by atoms with Gasteiger partial charge in [0.2, 0.25) is 0 Å². The van der Waals surface area contributed by atoms with Gasteiger partial charge >= 0.3 is 11.9 Å². The van der Waals surface area contributed by atoms with Crippen molar-refractivity contribution >= 4 is 11.9 Å². The van der Waals surface area contributed by atoms with E-state index in [-0.39, 0.29) is 13.2 Å². The molecule has 0 aromatic carbocycles. The summed E-state index contributed by atoms with van der Waals surface area (Å²) in [6.07, 6.45) is 5.89. The van der Waals surface area contributed by atoms with Gasteiger partial charge in [-0.1, -0.05) is 25.3 Å². The molecule has 0 heterocycles. The predicted octanol–water partition coefficient (Wildman–Crippen LogP) is 2.32. The molecule has 1 aliphatic rings. The Kier molecular flexibility index (Phi) is 5.91. The average Bonchev–Trinajstić information content (AvgIpc) is 2.42. The molecule has 0 fully saturated rings. The molecular weight excluding hydrogens is 232 g/mol. The van der Waals surface area contributed by atoms with E-state index >= 15 is 0 Å². The summed E-state index contributed by atoms with van der Waals surface area (Å²) in [5.41, 5.74) is 0.884. The van der Waals surface area contributed by atoms with E-state index in [1.165, 1.54) is 12.2 Å². The van der Waals surface area contributed by atoms with E-state index in [0.29, 0.717) is 24.0 Å². The quantitative estimate of drug-likeness (QED) is 0.536. The van der Waals surface area contributed by atoms with Crippen LogP contribution in [0, 0.1) is 0 Å². The summed E-state index contributed by atoms with van der Waals surface area (Å²) in [5.74, 6) is -0.889. The summed E-state index contributed by atoms with van der Waals surface area (Å²) in [4.78, 5) is 23.6. The van der Waals surface area contributed by atoms with E-state index in [4.69, 9.17) is 9.47 Å². The van der Waals surface area contributed by atoms with Crippen molar-refractivity contribution in [3.63, 3.8) is 0 Å². The number of carbonyl (C=O) groups excluding carboxylic acids is 2. The molecule has 98 valence electrons. The maximum Gasteiger partial charge on any atom is 0.334 e. The largest absolute Gasteiger partial charge is 0.458 e. The second-order valence-corrected chi connectivity index (χ2v) is 3.94. The molecule has 4 nitrogen and oxygen atoms in total. The van der Waals surface area contributed by atoms with Gasteiger partial charge in [-0.3, -0.25) is 0 Å². The Morgan fingerprint density at radius 1 is 0.944 bits per heavy atom. The fourth-order valence-corrected chi connectivity index (χ4v) is 1.80. The van der Waals surface area contributed by atoms with Gasteiger partial charge in [0, 0.05) is 11.1 Å². The first kappa shape index (κ1) is 14.2. The topological polar surface area (TPSA) is 52.6 Å². The zero-order valence-corrected chi connectivity index (χ0v) is 10.4. The highest BCUT2D eigenvalue weighted by Crippen LogP contribution is 2.26. The van der Waals surface area contributed by atoms with Crippen molar-refractivity contribution in [2.45, 2.75) is 25.7 Å². The van der Waals surface area contributed by atoms with E-state index < -0.39 is 11.9 Å². The standard InChI is InChI=1S/C14H18O4/c1-3-9-17-13(15)11-7-5-6-8-12(11)14(16)18-10-4-2/h3-4H,1-2,5-10H2. The summed E-state index contributed by atoms with van der Waals surface area (Å²) in [6.45, 7) is 7.25. The van der Waals surface area contributed by atoms with Gasteiger partial charge in [0.1, 0.15) is 13.2 Å². The third-order valence-electron chi connectivity index (χ3n) is 2.63. The summed E-state index contributed by atoms with van der Waals surface area (Å²) in [5, 5.41) is 0. The summed E-state index contributed by atoms with van der Waals surface area (Å²) >= 11 is 0. The molecule has 0 N–H and O–H groups in total. The van der Waals surface area contributed by atoms with Gasteiger partial charge in [0.05, 0.1) is 0 Å². The number of ether oxygens (including phenoxy) is 2. The van der Waals surface area contributed by atoms with Crippen molar-refractivity contribution in [1.82, 2.24) is 0 Å². The number of rotatable bonds is 6. The second kappa shape index (κ2) is 7.48. The first-order chi connectivity index (χ1) is 8.70. The van der Waals surface area contributed by atoms with Crippen molar-refractivity contribution < 1.29 is 19.1 Å². The minimum atomic E-state index is -0.444. The first-order valence-electron chi connectivity index (χ1n) is 5.98. The fraction of sp³-hybridized carbons (Fsp3) is 0.429. The molecule has 0 saturated heterocycles. The molecule has 0 aliphatic heterocycles. The molecule has 0 atom stereocenters. The van der Waals surface area contributed by atoms with Gasteiger partial charge in [0.25, 0.3) is 0 Å². The Morgan fingerprint density at radius 3 is 1.67 bits per heavy atom. The highest BCUT2D eigenvalue weighted by molar-refractivity contribution is 6.00. The third-order valence-corrected chi connectivity index (χ3v) is 2.63. The van der Waals surface area contributed by atoms with Gasteiger partial charge < -0.3 is 9.47 Å². The van der Waals surface area contributed by atoms with E-state index in [1.807, 2.05) is 0 Å². The Morgan fingerprint density at radius 2 is 1.33 bits per heavy atom. The van der Waals surface area contributed by atoms with Crippen molar-refractivity contribution in [3.8, 4) is 0 Å². The third kappa shape index (κ3) is 3.87. The summed E-state index contributed by atoms with van der Waals surface area (Å²) < 4.78 is 9.95. The van der Waals surface area contributed by atoms with Crippen LogP contribution in [-0.2, 0) is 19.1 Å².